The molecule has 0 fully saturated rings. The maximum atomic E-state index is 2.55. The topological polar surface area (TPSA) is 16.3 Å². The van der Waals surface area contributed by atoms with Crippen LogP contribution in [0.5, 0.6) is 0 Å². The van der Waals surface area contributed by atoms with Crippen molar-refractivity contribution in [1.82, 2.24) is 14.0 Å². The fourth-order valence-electron chi connectivity index (χ4n) is 9.38. The Kier molecular flexibility index (Phi) is 5.58. The van der Waals surface area contributed by atoms with Gasteiger partial charge in [-0.1, -0.05) is 115 Å². The van der Waals surface area contributed by atoms with Gasteiger partial charge in [0.2, 0.25) is 0 Å². The van der Waals surface area contributed by atoms with Gasteiger partial charge in [-0.2, -0.15) is 0 Å². The normalized spacial score (nSPS) is 20.0. The highest BCUT2D eigenvalue weighted by atomic mass is 15.2. The number of para-hydroxylation sites is 5. The van der Waals surface area contributed by atoms with Gasteiger partial charge in [-0.15, -0.1) is 0 Å². The summed E-state index contributed by atoms with van der Waals surface area (Å²) in [4.78, 5) is 4.98. The zero-order chi connectivity index (χ0) is 33.9. The van der Waals surface area contributed by atoms with Gasteiger partial charge in [0.15, 0.2) is 0 Å². The van der Waals surface area contributed by atoms with Gasteiger partial charge in [-0.25, -0.2) is 0 Å². The first kappa shape index (κ1) is 28.0. The number of nitrogens with zero attached hydrogens (tertiary/aromatic N) is 4. The van der Waals surface area contributed by atoms with Crippen LogP contribution in [0.1, 0.15) is 11.5 Å². The molecule has 4 aliphatic heterocycles. The van der Waals surface area contributed by atoms with Crippen LogP contribution in [0, 0.1) is 0 Å². The molecular weight excluding hydrogens is 633 g/mol. The van der Waals surface area contributed by atoms with Crippen LogP contribution in [-0.4, -0.2) is 20.1 Å². The highest BCUT2D eigenvalue weighted by Crippen LogP contribution is 2.49. The number of allylic oxidation sites excluding steroid dienone is 10. The average molecular weight is 665 g/mol. The van der Waals surface area contributed by atoms with Crippen molar-refractivity contribution in [3.05, 3.63) is 210 Å². The van der Waals surface area contributed by atoms with Crippen molar-refractivity contribution in [3.63, 3.8) is 0 Å². The molecule has 0 bridgehead atoms. The van der Waals surface area contributed by atoms with Gasteiger partial charge in [0, 0.05) is 38.8 Å². The van der Waals surface area contributed by atoms with Crippen molar-refractivity contribution in [2.45, 2.75) is 12.0 Å². The van der Waals surface area contributed by atoms with Crippen LogP contribution < -0.4 is 4.90 Å². The van der Waals surface area contributed by atoms with Crippen molar-refractivity contribution in [2.75, 3.05) is 4.90 Å². The molecule has 2 atom stereocenters. The number of anilines is 1. The standard InChI is InChI=1S/C48H32N4/c1-7-19-43-37(13-1)38-14-2-8-20-44(38)50(43)34-25-31-27-35(51-45-21-9-3-15-39(45)40-16-4-10-22-46(40)51)29-33-30-36(28-32(26-34)49(31)33)52-47-23-11-5-17-41(47)42-18-6-12-24-48(42)52/h1-30,37,43H. The van der Waals surface area contributed by atoms with Crippen molar-refractivity contribution in [2.24, 2.45) is 0 Å². The van der Waals surface area contributed by atoms with Gasteiger partial charge in [0.05, 0.1) is 56.6 Å². The van der Waals surface area contributed by atoms with E-state index < -0.39 is 0 Å². The molecule has 52 heavy (non-hydrogen) atoms. The fraction of sp³-hybridized carbons (Fsp3) is 0.0417. The molecule has 5 aromatic carbocycles. The molecule has 0 radical (unpaired) electrons. The summed E-state index contributed by atoms with van der Waals surface area (Å²) in [5, 5.41) is 5.06. The van der Waals surface area contributed by atoms with E-state index in [2.05, 4.69) is 201 Å². The number of hydrogen-bond donors (Lipinski definition) is 0. The molecule has 6 heterocycles. The van der Waals surface area contributed by atoms with E-state index in [1.165, 1.54) is 60.6 Å². The van der Waals surface area contributed by atoms with Gasteiger partial charge in [-0.3, -0.25) is 0 Å². The lowest BCUT2D eigenvalue weighted by Gasteiger charge is -2.40. The van der Waals surface area contributed by atoms with Crippen LogP contribution in [-0.2, 0) is 0 Å². The summed E-state index contributed by atoms with van der Waals surface area (Å²) in [6, 6.07) is 44.3. The molecule has 0 spiro atoms. The zero-order valence-corrected chi connectivity index (χ0v) is 28.3. The Labute approximate surface area is 301 Å². The van der Waals surface area contributed by atoms with Crippen molar-refractivity contribution in [1.29, 1.82) is 0 Å². The first-order valence-electron chi connectivity index (χ1n) is 18.1. The van der Waals surface area contributed by atoms with Crippen LogP contribution in [0.3, 0.4) is 0 Å². The summed E-state index contributed by atoms with van der Waals surface area (Å²) in [7, 11) is 0. The van der Waals surface area contributed by atoms with Crippen LogP contribution in [0.2, 0.25) is 0 Å². The number of aromatic nitrogens is 2. The minimum Gasteiger partial charge on any atom is -0.333 e. The van der Waals surface area contributed by atoms with Crippen molar-refractivity contribution >= 4 is 60.7 Å². The van der Waals surface area contributed by atoms with Crippen LogP contribution in [0.15, 0.2) is 205 Å². The Hall–Kier alpha value is -6.78. The summed E-state index contributed by atoms with van der Waals surface area (Å²) < 4.78 is 4.88. The third kappa shape index (κ3) is 3.76. The van der Waals surface area contributed by atoms with E-state index >= 15 is 0 Å². The number of rotatable bonds is 3. The molecular formula is C48H32N4. The third-order valence-electron chi connectivity index (χ3n) is 11.5. The Balaban J connectivity index is 1.13. The van der Waals surface area contributed by atoms with E-state index in [0.717, 1.165) is 28.5 Å². The average Bonchev–Trinajstić information content (AvgIpc) is 3.84. The lowest BCUT2D eigenvalue weighted by Crippen LogP contribution is -2.35. The van der Waals surface area contributed by atoms with Crippen LogP contribution in [0.4, 0.5) is 5.69 Å². The van der Waals surface area contributed by atoms with Crippen molar-refractivity contribution < 1.29 is 0 Å². The van der Waals surface area contributed by atoms with E-state index in [4.69, 9.17) is 0 Å². The second kappa shape index (κ2) is 10.4. The Morgan fingerprint density at radius 2 is 0.769 bits per heavy atom. The van der Waals surface area contributed by atoms with E-state index in [1.807, 2.05) is 0 Å². The SMILES string of the molecule is C1=CC2c3ccccc3N(C3=CC4=CC(n5c6ccccc6c6ccccc65)=CC5=CC(n6c7ccccc7c7ccccc76)=CC(=C3)N45)C2C=C1. The zero-order valence-electron chi connectivity index (χ0n) is 28.3. The van der Waals surface area contributed by atoms with Crippen LogP contribution >= 0.6 is 0 Å². The fourth-order valence-corrected chi connectivity index (χ4v) is 9.38. The lowest BCUT2D eigenvalue weighted by molar-refractivity contribution is 0.557. The monoisotopic (exact) mass is 664 g/mol. The molecule has 7 aromatic rings. The second-order valence-corrected chi connectivity index (χ2v) is 14.2. The molecule has 12 rings (SSSR count). The largest absolute Gasteiger partial charge is 0.333 e. The molecule has 1 aliphatic carbocycles. The first-order valence-corrected chi connectivity index (χ1v) is 18.1. The summed E-state index contributed by atoms with van der Waals surface area (Å²) >= 11 is 0. The molecule has 4 nitrogen and oxygen atoms in total. The molecule has 0 saturated carbocycles. The molecule has 2 aromatic heterocycles. The van der Waals surface area contributed by atoms with Gasteiger partial charge in [0.1, 0.15) is 0 Å². The molecule has 5 aliphatic rings. The number of fused-ring (bicyclic) bond motifs is 9. The van der Waals surface area contributed by atoms with E-state index in [9.17, 15) is 0 Å². The van der Waals surface area contributed by atoms with Gasteiger partial charge < -0.3 is 18.9 Å². The minimum atomic E-state index is 0.216. The summed E-state index contributed by atoms with van der Waals surface area (Å²) in [5.74, 6) is 0.317. The number of benzene rings is 5. The smallest absolute Gasteiger partial charge is 0.0629 e. The first-order chi connectivity index (χ1) is 25.8. The molecule has 4 heteroatoms. The molecule has 244 valence electrons. The van der Waals surface area contributed by atoms with Gasteiger partial charge in [0.25, 0.3) is 0 Å². The van der Waals surface area contributed by atoms with E-state index in [0.29, 0.717) is 5.92 Å². The Morgan fingerprint density at radius 3 is 1.31 bits per heavy atom. The molecule has 0 N–H and O–H groups in total. The maximum absolute atomic E-state index is 2.55. The maximum Gasteiger partial charge on any atom is 0.0629 e. The third-order valence-corrected chi connectivity index (χ3v) is 11.5. The second-order valence-electron chi connectivity index (χ2n) is 14.2. The van der Waals surface area contributed by atoms with Gasteiger partial charge >= 0.3 is 0 Å². The Morgan fingerprint density at radius 1 is 0.365 bits per heavy atom. The highest BCUT2D eigenvalue weighted by Gasteiger charge is 2.39. The quantitative estimate of drug-likeness (QED) is 0.187. The molecule has 2 unspecified atom stereocenters. The Bertz CT molecular complexity index is 2760. The summed E-state index contributed by atoms with van der Waals surface area (Å²) in [5.41, 5.74) is 14.5. The minimum absolute atomic E-state index is 0.216. The molecule has 0 amide bonds. The van der Waals surface area contributed by atoms with E-state index in [1.54, 1.807) is 0 Å². The van der Waals surface area contributed by atoms with Crippen molar-refractivity contribution in [3.8, 4) is 0 Å². The van der Waals surface area contributed by atoms with E-state index in [-0.39, 0.29) is 6.04 Å². The van der Waals surface area contributed by atoms with Gasteiger partial charge in [-0.05, 0) is 72.4 Å². The van der Waals surface area contributed by atoms with Crippen LogP contribution in [0.25, 0.3) is 55.0 Å². The predicted molar refractivity (Wildman–Crippen MR) is 215 cm³/mol. The lowest BCUT2D eigenvalue weighted by atomic mass is 9.91. The molecule has 0 saturated heterocycles. The summed E-state index contributed by atoms with van der Waals surface area (Å²) in [6.07, 6.45) is 23.4. The summed E-state index contributed by atoms with van der Waals surface area (Å²) in [6.45, 7) is 0. The highest BCUT2D eigenvalue weighted by molar-refractivity contribution is 6.12. The number of hydrogen-bond acceptors (Lipinski definition) is 2. The predicted octanol–water partition coefficient (Wildman–Crippen LogP) is 11.3.